The highest BCUT2D eigenvalue weighted by atomic mass is 15.2. The van der Waals surface area contributed by atoms with Crippen LogP contribution in [0.2, 0.25) is 0 Å². The van der Waals surface area contributed by atoms with E-state index in [0.717, 1.165) is 44.7 Å². The van der Waals surface area contributed by atoms with E-state index < -0.39 is 0 Å². The van der Waals surface area contributed by atoms with Gasteiger partial charge in [0.15, 0.2) is 0 Å². The SMILES string of the molecule is c1ccc(N(c2ccccc2)c2ccc3c(c2)c2c4ccccc4ccc2n3-c2nccc(-c3ccc4ccccc4c3)n2)cc1. The number of anilines is 3. The molecule has 0 amide bonds. The molecular weight excluding hydrogens is 560 g/mol. The van der Waals surface area contributed by atoms with Gasteiger partial charge in [-0.25, -0.2) is 9.97 Å². The van der Waals surface area contributed by atoms with Gasteiger partial charge >= 0.3 is 0 Å². The van der Waals surface area contributed by atoms with E-state index in [2.05, 4.69) is 167 Å². The molecule has 0 radical (unpaired) electrons. The van der Waals surface area contributed by atoms with Gasteiger partial charge in [-0.2, -0.15) is 0 Å². The third-order valence-electron chi connectivity index (χ3n) is 8.81. The third kappa shape index (κ3) is 4.31. The molecule has 0 spiro atoms. The molecule has 0 saturated carbocycles. The van der Waals surface area contributed by atoms with Gasteiger partial charge in [0.1, 0.15) is 0 Å². The molecule has 7 aromatic carbocycles. The molecule has 0 aliphatic heterocycles. The lowest BCUT2D eigenvalue weighted by Crippen LogP contribution is -2.09. The van der Waals surface area contributed by atoms with Gasteiger partial charge in [-0.1, -0.05) is 103 Å². The minimum absolute atomic E-state index is 0.650. The first-order valence-electron chi connectivity index (χ1n) is 15.5. The van der Waals surface area contributed by atoms with E-state index in [1.165, 1.54) is 26.9 Å². The summed E-state index contributed by atoms with van der Waals surface area (Å²) in [7, 11) is 0. The molecular formula is C42H28N4. The normalized spacial score (nSPS) is 11.5. The molecule has 46 heavy (non-hydrogen) atoms. The first-order valence-corrected chi connectivity index (χ1v) is 15.5. The number of nitrogens with zero attached hydrogens (tertiary/aromatic N) is 4. The summed E-state index contributed by atoms with van der Waals surface area (Å²) in [6.07, 6.45) is 1.87. The molecule has 2 heterocycles. The van der Waals surface area contributed by atoms with Gasteiger partial charge in [0, 0.05) is 39.6 Å². The van der Waals surface area contributed by atoms with Crippen LogP contribution in [0.3, 0.4) is 0 Å². The maximum absolute atomic E-state index is 5.17. The van der Waals surface area contributed by atoms with E-state index in [4.69, 9.17) is 9.97 Å². The molecule has 0 aliphatic carbocycles. The van der Waals surface area contributed by atoms with E-state index in [-0.39, 0.29) is 0 Å². The van der Waals surface area contributed by atoms with Crippen molar-refractivity contribution >= 4 is 60.4 Å². The average Bonchev–Trinajstić information content (AvgIpc) is 3.47. The Morgan fingerprint density at radius 1 is 0.457 bits per heavy atom. The number of benzene rings is 7. The van der Waals surface area contributed by atoms with Gasteiger partial charge < -0.3 is 4.90 Å². The lowest BCUT2D eigenvalue weighted by atomic mass is 10.0. The Bertz CT molecular complexity index is 2500. The molecule has 0 fully saturated rings. The standard InChI is InChI=1S/C42H28N4/c1-3-14-33(15-4-1)45(34-16-5-2-6-17-34)35-22-24-39-37(28-35)41-36-18-10-9-12-30(36)21-23-40(41)46(39)42-43-26-25-38(44-42)32-20-19-29-11-7-8-13-31(29)27-32/h1-28H. The molecule has 2 aromatic heterocycles. The van der Waals surface area contributed by atoms with Crippen LogP contribution in [0.4, 0.5) is 17.1 Å². The van der Waals surface area contributed by atoms with E-state index in [1.54, 1.807) is 0 Å². The summed E-state index contributed by atoms with van der Waals surface area (Å²) in [6, 6.07) is 57.7. The summed E-state index contributed by atoms with van der Waals surface area (Å²) in [6.45, 7) is 0. The van der Waals surface area contributed by atoms with Crippen molar-refractivity contribution in [1.29, 1.82) is 0 Å². The molecule has 4 heteroatoms. The van der Waals surface area contributed by atoms with Crippen molar-refractivity contribution in [2.75, 3.05) is 4.90 Å². The molecule has 0 N–H and O–H groups in total. The van der Waals surface area contributed by atoms with Crippen LogP contribution in [0.25, 0.3) is 60.6 Å². The zero-order chi connectivity index (χ0) is 30.5. The fourth-order valence-corrected chi connectivity index (χ4v) is 6.70. The number of para-hydroxylation sites is 2. The smallest absolute Gasteiger partial charge is 0.235 e. The van der Waals surface area contributed by atoms with E-state index in [1.807, 2.05) is 12.3 Å². The highest BCUT2D eigenvalue weighted by Crippen LogP contribution is 2.41. The van der Waals surface area contributed by atoms with Gasteiger partial charge in [-0.05, 0) is 82.2 Å². The van der Waals surface area contributed by atoms with Crippen molar-refractivity contribution in [2.24, 2.45) is 0 Å². The molecule has 216 valence electrons. The lowest BCUT2D eigenvalue weighted by molar-refractivity contribution is 0.992. The van der Waals surface area contributed by atoms with Gasteiger partial charge in [0.25, 0.3) is 0 Å². The molecule has 9 rings (SSSR count). The zero-order valence-corrected chi connectivity index (χ0v) is 25.0. The Hall–Kier alpha value is -6.26. The van der Waals surface area contributed by atoms with Crippen LogP contribution in [0.5, 0.6) is 0 Å². The van der Waals surface area contributed by atoms with Crippen LogP contribution < -0.4 is 4.90 Å². The number of hydrogen-bond acceptors (Lipinski definition) is 3. The van der Waals surface area contributed by atoms with Crippen molar-refractivity contribution in [3.05, 3.63) is 170 Å². The van der Waals surface area contributed by atoms with Crippen LogP contribution in [0, 0.1) is 0 Å². The number of aromatic nitrogens is 3. The quantitative estimate of drug-likeness (QED) is 0.201. The summed E-state index contributed by atoms with van der Waals surface area (Å²) in [4.78, 5) is 12.3. The molecule has 9 aromatic rings. The first kappa shape index (κ1) is 26.2. The molecule has 0 saturated heterocycles. The predicted molar refractivity (Wildman–Crippen MR) is 192 cm³/mol. The highest BCUT2D eigenvalue weighted by molar-refractivity contribution is 6.21. The van der Waals surface area contributed by atoms with Crippen molar-refractivity contribution in [3.8, 4) is 17.2 Å². The fraction of sp³-hybridized carbons (Fsp3) is 0. The van der Waals surface area contributed by atoms with Crippen molar-refractivity contribution in [2.45, 2.75) is 0 Å². The second-order valence-electron chi connectivity index (χ2n) is 11.5. The summed E-state index contributed by atoms with van der Waals surface area (Å²) in [5, 5.41) is 7.16. The van der Waals surface area contributed by atoms with Gasteiger partial charge in [0.05, 0.1) is 16.7 Å². The summed E-state index contributed by atoms with van der Waals surface area (Å²) in [5.41, 5.74) is 7.39. The van der Waals surface area contributed by atoms with Gasteiger partial charge in [-0.15, -0.1) is 0 Å². The van der Waals surface area contributed by atoms with Crippen molar-refractivity contribution in [1.82, 2.24) is 14.5 Å². The topological polar surface area (TPSA) is 34.0 Å². The summed E-state index contributed by atoms with van der Waals surface area (Å²) >= 11 is 0. The molecule has 0 unspecified atom stereocenters. The van der Waals surface area contributed by atoms with Crippen LogP contribution in [-0.2, 0) is 0 Å². The van der Waals surface area contributed by atoms with Crippen LogP contribution in [0.15, 0.2) is 170 Å². The zero-order valence-electron chi connectivity index (χ0n) is 25.0. The Morgan fingerprint density at radius 3 is 1.89 bits per heavy atom. The van der Waals surface area contributed by atoms with Crippen molar-refractivity contribution < 1.29 is 0 Å². The largest absolute Gasteiger partial charge is 0.310 e. The second kappa shape index (κ2) is 10.7. The molecule has 0 bridgehead atoms. The lowest BCUT2D eigenvalue weighted by Gasteiger charge is -2.25. The number of hydrogen-bond donors (Lipinski definition) is 0. The number of fused-ring (bicyclic) bond motifs is 6. The Kier molecular flexibility index (Phi) is 6.10. The van der Waals surface area contributed by atoms with E-state index in [0.29, 0.717) is 5.95 Å². The van der Waals surface area contributed by atoms with Crippen molar-refractivity contribution in [3.63, 3.8) is 0 Å². The maximum atomic E-state index is 5.17. The minimum atomic E-state index is 0.650. The van der Waals surface area contributed by atoms with Crippen LogP contribution in [0.1, 0.15) is 0 Å². The maximum Gasteiger partial charge on any atom is 0.235 e. The highest BCUT2D eigenvalue weighted by Gasteiger charge is 2.20. The summed E-state index contributed by atoms with van der Waals surface area (Å²) < 4.78 is 2.21. The Labute approximate surface area is 266 Å². The van der Waals surface area contributed by atoms with Crippen LogP contribution in [-0.4, -0.2) is 14.5 Å². The monoisotopic (exact) mass is 588 g/mol. The minimum Gasteiger partial charge on any atom is -0.310 e. The van der Waals surface area contributed by atoms with Crippen LogP contribution >= 0.6 is 0 Å². The Morgan fingerprint density at radius 2 is 1.11 bits per heavy atom. The summed E-state index contributed by atoms with van der Waals surface area (Å²) in [5.74, 6) is 0.650. The first-order chi connectivity index (χ1) is 22.8. The van der Waals surface area contributed by atoms with Gasteiger partial charge in [-0.3, -0.25) is 4.57 Å². The molecule has 4 nitrogen and oxygen atoms in total. The van der Waals surface area contributed by atoms with E-state index in [9.17, 15) is 0 Å². The van der Waals surface area contributed by atoms with E-state index >= 15 is 0 Å². The second-order valence-corrected chi connectivity index (χ2v) is 11.5. The fourth-order valence-electron chi connectivity index (χ4n) is 6.70. The van der Waals surface area contributed by atoms with Gasteiger partial charge in [0.2, 0.25) is 5.95 Å². The molecule has 0 atom stereocenters. The predicted octanol–water partition coefficient (Wildman–Crippen LogP) is 11.0. The number of rotatable bonds is 5. The Balaban J connectivity index is 1.29. The molecule has 0 aliphatic rings. The third-order valence-corrected chi connectivity index (χ3v) is 8.81. The average molecular weight is 589 g/mol.